The van der Waals surface area contributed by atoms with Crippen molar-refractivity contribution in [3.63, 3.8) is 0 Å². The van der Waals surface area contributed by atoms with Gasteiger partial charge in [0.15, 0.2) is 0 Å². The van der Waals surface area contributed by atoms with Gasteiger partial charge in [-0.25, -0.2) is 0 Å². The van der Waals surface area contributed by atoms with Crippen molar-refractivity contribution in [2.75, 3.05) is 6.54 Å². The first-order chi connectivity index (χ1) is 6.25. The van der Waals surface area contributed by atoms with Crippen molar-refractivity contribution >= 4 is 5.91 Å². The third-order valence-electron chi connectivity index (χ3n) is 2.46. The number of nitrogens with zero attached hydrogens (tertiary/aromatic N) is 1. The minimum absolute atomic E-state index is 0.199. The molecule has 1 saturated carbocycles. The zero-order chi connectivity index (χ0) is 9.68. The first-order valence-electron chi connectivity index (χ1n) is 4.90. The number of hydrogen-bond acceptors (Lipinski definition) is 2. The molecule has 2 atom stereocenters. The van der Waals surface area contributed by atoms with Crippen molar-refractivity contribution in [1.29, 1.82) is 5.26 Å². The molecule has 0 radical (unpaired) electrons. The molecule has 0 aliphatic heterocycles. The summed E-state index contributed by atoms with van der Waals surface area (Å²) in [6.45, 7) is 2.82. The summed E-state index contributed by atoms with van der Waals surface area (Å²) in [7, 11) is 0. The van der Waals surface area contributed by atoms with E-state index in [0.29, 0.717) is 12.3 Å². The normalized spacial score (nSPS) is 24.9. The lowest BCUT2D eigenvalue weighted by Crippen LogP contribution is -2.26. The average Bonchev–Trinajstić information content (AvgIpc) is 2.82. The Labute approximate surface area is 79.1 Å². The number of carbonyl (C=O) groups is 1. The Morgan fingerprint density at radius 3 is 2.85 bits per heavy atom. The minimum atomic E-state index is 0.199. The highest BCUT2D eigenvalue weighted by Gasteiger charge is 2.38. The van der Waals surface area contributed by atoms with E-state index in [1.165, 1.54) is 0 Å². The summed E-state index contributed by atoms with van der Waals surface area (Å²) in [5.74, 6) is 1.06. The van der Waals surface area contributed by atoms with E-state index in [-0.39, 0.29) is 11.8 Å². The zero-order valence-electron chi connectivity index (χ0n) is 8.05. The molecule has 0 aromatic carbocycles. The molecule has 2 unspecified atom stereocenters. The number of nitriles is 1. The van der Waals surface area contributed by atoms with Crippen LogP contribution in [0.3, 0.4) is 0 Å². The van der Waals surface area contributed by atoms with Gasteiger partial charge in [0, 0.05) is 18.9 Å². The van der Waals surface area contributed by atoms with E-state index >= 15 is 0 Å². The summed E-state index contributed by atoms with van der Waals surface area (Å²) in [5.41, 5.74) is 0. The molecule has 13 heavy (non-hydrogen) atoms. The molecular weight excluding hydrogens is 164 g/mol. The second kappa shape index (κ2) is 4.86. The molecule has 1 aliphatic carbocycles. The fourth-order valence-corrected chi connectivity index (χ4v) is 1.36. The summed E-state index contributed by atoms with van der Waals surface area (Å²) in [4.78, 5) is 11.3. The van der Waals surface area contributed by atoms with Crippen LogP contribution in [0.25, 0.3) is 0 Å². The molecule has 0 bridgehead atoms. The molecule has 1 amide bonds. The summed E-state index contributed by atoms with van der Waals surface area (Å²) >= 11 is 0. The summed E-state index contributed by atoms with van der Waals surface area (Å²) < 4.78 is 0. The first kappa shape index (κ1) is 10.0. The highest BCUT2D eigenvalue weighted by Crippen LogP contribution is 2.37. The van der Waals surface area contributed by atoms with E-state index in [2.05, 4.69) is 18.3 Å². The monoisotopic (exact) mass is 180 g/mol. The van der Waals surface area contributed by atoms with Crippen LogP contribution in [-0.4, -0.2) is 12.5 Å². The van der Waals surface area contributed by atoms with Gasteiger partial charge in [-0.1, -0.05) is 6.92 Å². The Balaban J connectivity index is 1.94. The minimum Gasteiger partial charge on any atom is -0.356 e. The zero-order valence-corrected chi connectivity index (χ0v) is 8.05. The molecule has 1 fully saturated rings. The predicted octanol–water partition coefficient (Wildman–Crippen LogP) is 1.45. The molecular formula is C10H16N2O. The van der Waals surface area contributed by atoms with E-state index in [9.17, 15) is 4.79 Å². The van der Waals surface area contributed by atoms with Gasteiger partial charge in [-0.05, 0) is 25.2 Å². The molecule has 3 nitrogen and oxygen atoms in total. The van der Waals surface area contributed by atoms with E-state index in [4.69, 9.17) is 5.26 Å². The second-order valence-corrected chi connectivity index (χ2v) is 3.73. The summed E-state index contributed by atoms with van der Waals surface area (Å²) in [6.07, 6.45) is 3.44. The van der Waals surface area contributed by atoms with E-state index in [0.717, 1.165) is 25.8 Å². The standard InChI is InChI=1S/C10H16N2O/c1-8-7-9(8)10(13)12-6-4-2-3-5-11/h8-9H,2-4,6-7H2,1H3,(H,12,13). The summed E-state index contributed by atoms with van der Waals surface area (Å²) in [6, 6.07) is 2.09. The van der Waals surface area contributed by atoms with Gasteiger partial charge in [0.25, 0.3) is 0 Å². The third kappa shape index (κ3) is 3.45. The smallest absolute Gasteiger partial charge is 0.223 e. The Morgan fingerprint density at radius 2 is 2.31 bits per heavy atom. The van der Waals surface area contributed by atoms with E-state index in [1.807, 2.05) is 0 Å². The fraction of sp³-hybridized carbons (Fsp3) is 0.800. The van der Waals surface area contributed by atoms with E-state index < -0.39 is 0 Å². The molecule has 3 heteroatoms. The Kier molecular flexibility index (Phi) is 3.75. The lowest BCUT2D eigenvalue weighted by atomic mass is 10.2. The van der Waals surface area contributed by atoms with Crippen molar-refractivity contribution < 1.29 is 4.79 Å². The Morgan fingerprint density at radius 1 is 1.62 bits per heavy atom. The quantitative estimate of drug-likeness (QED) is 0.651. The van der Waals surface area contributed by atoms with Gasteiger partial charge in [0.05, 0.1) is 6.07 Å². The molecule has 1 N–H and O–H groups in total. The van der Waals surface area contributed by atoms with Crippen molar-refractivity contribution in [3.05, 3.63) is 0 Å². The third-order valence-corrected chi connectivity index (χ3v) is 2.46. The largest absolute Gasteiger partial charge is 0.356 e. The molecule has 0 aromatic rings. The molecule has 1 aliphatic rings. The van der Waals surface area contributed by atoms with Crippen LogP contribution in [0.15, 0.2) is 0 Å². The van der Waals surface area contributed by atoms with Gasteiger partial charge in [0.2, 0.25) is 5.91 Å². The maximum atomic E-state index is 11.3. The van der Waals surface area contributed by atoms with Gasteiger partial charge in [-0.3, -0.25) is 4.79 Å². The SMILES string of the molecule is CC1CC1C(=O)NCCCCC#N. The molecule has 0 heterocycles. The maximum absolute atomic E-state index is 11.3. The highest BCUT2D eigenvalue weighted by atomic mass is 16.2. The molecule has 0 aromatic heterocycles. The fourth-order valence-electron chi connectivity index (χ4n) is 1.36. The van der Waals surface area contributed by atoms with Crippen LogP contribution in [0, 0.1) is 23.2 Å². The van der Waals surface area contributed by atoms with Crippen LogP contribution in [0.4, 0.5) is 0 Å². The number of rotatable bonds is 5. The van der Waals surface area contributed by atoms with Crippen molar-refractivity contribution in [3.8, 4) is 6.07 Å². The number of carbonyl (C=O) groups excluding carboxylic acids is 1. The lowest BCUT2D eigenvalue weighted by molar-refractivity contribution is -0.122. The van der Waals surface area contributed by atoms with Gasteiger partial charge < -0.3 is 5.32 Å². The lowest BCUT2D eigenvalue weighted by Gasteiger charge is -2.02. The van der Waals surface area contributed by atoms with Gasteiger partial charge in [-0.2, -0.15) is 5.26 Å². The molecule has 72 valence electrons. The van der Waals surface area contributed by atoms with Crippen molar-refractivity contribution in [2.45, 2.75) is 32.6 Å². The number of hydrogen-bond donors (Lipinski definition) is 1. The van der Waals surface area contributed by atoms with Crippen LogP contribution in [0.5, 0.6) is 0 Å². The van der Waals surface area contributed by atoms with Crippen LogP contribution < -0.4 is 5.32 Å². The molecule has 0 saturated heterocycles. The van der Waals surface area contributed by atoms with Crippen LogP contribution >= 0.6 is 0 Å². The summed E-state index contributed by atoms with van der Waals surface area (Å²) in [5, 5.41) is 11.2. The highest BCUT2D eigenvalue weighted by molar-refractivity contribution is 5.81. The number of nitrogens with one attached hydrogen (secondary N) is 1. The number of amides is 1. The van der Waals surface area contributed by atoms with E-state index in [1.54, 1.807) is 0 Å². The van der Waals surface area contributed by atoms with Gasteiger partial charge in [-0.15, -0.1) is 0 Å². The van der Waals surface area contributed by atoms with Crippen molar-refractivity contribution in [1.82, 2.24) is 5.32 Å². The molecule has 0 spiro atoms. The van der Waals surface area contributed by atoms with Gasteiger partial charge >= 0.3 is 0 Å². The first-order valence-corrected chi connectivity index (χ1v) is 4.90. The number of unbranched alkanes of at least 4 members (excludes halogenated alkanes) is 2. The van der Waals surface area contributed by atoms with Crippen molar-refractivity contribution in [2.24, 2.45) is 11.8 Å². The average molecular weight is 180 g/mol. The topological polar surface area (TPSA) is 52.9 Å². The van der Waals surface area contributed by atoms with Crippen LogP contribution in [-0.2, 0) is 4.79 Å². The second-order valence-electron chi connectivity index (χ2n) is 3.73. The van der Waals surface area contributed by atoms with Crippen LogP contribution in [0.2, 0.25) is 0 Å². The van der Waals surface area contributed by atoms with Gasteiger partial charge in [0.1, 0.15) is 0 Å². The predicted molar refractivity (Wildman–Crippen MR) is 49.7 cm³/mol. The van der Waals surface area contributed by atoms with Crippen LogP contribution in [0.1, 0.15) is 32.6 Å². The molecule has 1 rings (SSSR count). The Hall–Kier alpha value is -1.04. The maximum Gasteiger partial charge on any atom is 0.223 e. The Bertz CT molecular complexity index is 219.